The Kier molecular flexibility index (Phi) is 4.88. The van der Waals surface area contributed by atoms with Gasteiger partial charge in [0.25, 0.3) is 5.69 Å². The maximum Gasteiger partial charge on any atom is 0.494 e. The summed E-state index contributed by atoms with van der Waals surface area (Å²) in [5, 5.41) is 13.9. The van der Waals surface area contributed by atoms with Gasteiger partial charge in [-0.15, -0.1) is 0 Å². The predicted octanol–water partition coefficient (Wildman–Crippen LogP) is 1.63. The summed E-state index contributed by atoms with van der Waals surface area (Å²) in [7, 11) is -0.458. The average Bonchev–Trinajstić information content (AvgIpc) is 2.63. The van der Waals surface area contributed by atoms with Crippen molar-refractivity contribution in [2.24, 2.45) is 0 Å². The molecule has 1 aliphatic heterocycles. The van der Waals surface area contributed by atoms with E-state index < -0.39 is 12.0 Å². The SMILES string of the molecule is O=Cc1ccc(B2OCC(Nc3ccc([N+](=O)[O-])cc3)CO2)cc1. The first-order chi connectivity index (χ1) is 11.7. The van der Waals surface area contributed by atoms with E-state index in [2.05, 4.69) is 5.32 Å². The molecule has 3 rings (SSSR count). The average molecular weight is 326 g/mol. The van der Waals surface area contributed by atoms with E-state index in [9.17, 15) is 14.9 Å². The van der Waals surface area contributed by atoms with Gasteiger partial charge in [-0.25, -0.2) is 0 Å². The molecule has 2 aromatic carbocycles. The largest absolute Gasteiger partial charge is 0.494 e. The molecule has 0 aromatic heterocycles. The lowest BCUT2D eigenvalue weighted by molar-refractivity contribution is -0.384. The summed E-state index contributed by atoms with van der Waals surface area (Å²) >= 11 is 0. The molecule has 0 radical (unpaired) electrons. The lowest BCUT2D eigenvalue weighted by Gasteiger charge is -2.28. The van der Waals surface area contributed by atoms with Crippen molar-refractivity contribution in [3.63, 3.8) is 0 Å². The Balaban J connectivity index is 1.54. The van der Waals surface area contributed by atoms with Crippen LogP contribution in [0.5, 0.6) is 0 Å². The second-order valence-corrected chi connectivity index (χ2v) is 5.43. The Labute approximate surface area is 138 Å². The molecule has 24 heavy (non-hydrogen) atoms. The maximum atomic E-state index is 10.7. The lowest BCUT2D eigenvalue weighted by atomic mass is 9.77. The van der Waals surface area contributed by atoms with Gasteiger partial charge in [0.05, 0.1) is 24.2 Å². The molecule has 1 fully saturated rings. The van der Waals surface area contributed by atoms with Crippen LogP contribution in [0.25, 0.3) is 0 Å². The van der Waals surface area contributed by atoms with E-state index >= 15 is 0 Å². The third kappa shape index (κ3) is 3.79. The lowest BCUT2D eigenvalue weighted by Crippen LogP contribution is -2.48. The Morgan fingerprint density at radius 3 is 2.25 bits per heavy atom. The molecule has 7 nitrogen and oxygen atoms in total. The van der Waals surface area contributed by atoms with E-state index in [0.717, 1.165) is 17.4 Å². The number of rotatable bonds is 5. The van der Waals surface area contributed by atoms with E-state index in [1.165, 1.54) is 12.1 Å². The molecule has 1 saturated heterocycles. The molecule has 0 amide bonds. The standard InChI is InChI=1S/C16H15BN2O5/c20-9-12-1-3-13(4-2-12)17-23-10-15(11-24-17)18-14-5-7-16(8-6-14)19(21)22/h1-9,15,18H,10-11H2. The topological polar surface area (TPSA) is 90.7 Å². The fourth-order valence-corrected chi connectivity index (χ4v) is 2.43. The Morgan fingerprint density at radius 1 is 1.08 bits per heavy atom. The third-order valence-electron chi connectivity index (χ3n) is 3.69. The van der Waals surface area contributed by atoms with Gasteiger partial charge < -0.3 is 14.6 Å². The van der Waals surface area contributed by atoms with Crippen LogP contribution in [0.3, 0.4) is 0 Å². The maximum absolute atomic E-state index is 10.7. The van der Waals surface area contributed by atoms with Gasteiger partial charge in [0.1, 0.15) is 6.29 Å². The Morgan fingerprint density at radius 2 is 1.71 bits per heavy atom. The van der Waals surface area contributed by atoms with Crippen molar-refractivity contribution in [2.45, 2.75) is 6.04 Å². The summed E-state index contributed by atoms with van der Waals surface area (Å²) < 4.78 is 11.4. The van der Waals surface area contributed by atoms with E-state index in [1.807, 2.05) is 0 Å². The summed E-state index contributed by atoms with van der Waals surface area (Å²) in [6.07, 6.45) is 0.788. The van der Waals surface area contributed by atoms with Gasteiger partial charge >= 0.3 is 7.12 Å². The van der Waals surface area contributed by atoms with E-state index in [1.54, 1.807) is 36.4 Å². The number of anilines is 1. The Bertz CT molecular complexity index is 712. The summed E-state index contributed by atoms with van der Waals surface area (Å²) in [6.45, 7) is 0.883. The molecule has 0 unspecified atom stereocenters. The first-order valence-corrected chi connectivity index (χ1v) is 7.45. The molecular formula is C16H15BN2O5. The van der Waals surface area contributed by atoms with E-state index in [-0.39, 0.29) is 11.7 Å². The second kappa shape index (κ2) is 7.24. The second-order valence-electron chi connectivity index (χ2n) is 5.43. The van der Waals surface area contributed by atoms with Gasteiger partial charge in [0, 0.05) is 23.4 Å². The van der Waals surface area contributed by atoms with Crippen LogP contribution in [0.1, 0.15) is 10.4 Å². The predicted molar refractivity (Wildman–Crippen MR) is 89.6 cm³/mol. The summed E-state index contributed by atoms with van der Waals surface area (Å²) in [6, 6.07) is 13.2. The number of nitro benzene ring substituents is 1. The highest BCUT2D eigenvalue weighted by molar-refractivity contribution is 6.61. The smallest absolute Gasteiger partial charge is 0.405 e. The molecule has 122 valence electrons. The quantitative estimate of drug-likeness (QED) is 0.389. The van der Waals surface area contributed by atoms with Crippen LogP contribution in [0, 0.1) is 10.1 Å². The number of non-ortho nitro benzene ring substituents is 1. The van der Waals surface area contributed by atoms with E-state index in [4.69, 9.17) is 9.31 Å². The number of benzene rings is 2. The monoisotopic (exact) mass is 326 g/mol. The first-order valence-electron chi connectivity index (χ1n) is 7.45. The molecule has 1 heterocycles. The minimum absolute atomic E-state index is 0.0445. The third-order valence-corrected chi connectivity index (χ3v) is 3.69. The number of nitrogens with one attached hydrogen (secondary N) is 1. The number of aldehydes is 1. The Hall–Kier alpha value is -2.71. The molecule has 1 aliphatic rings. The van der Waals surface area contributed by atoms with Crippen LogP contribution in [-0.2, 0) is 9.31 Å². The molecule has 0 aliphatic carbocycles. The number of nitrogens with zero attached hydrogens (tertiary/aromatic N) is 1. The highest BCUT2D eigenvalue weighted by Crippen LogP contribution is 2.17. The van der Waals surface area contributed by atoms with Crippen molar-refractivity contribution in [1.29, 1.82) is 0 Å². The number of carbonyl (C=O) groups excluding carboxylic acids is 1. The zero-order valence-corrected chi connectivity index (χ0v) is 12.8. The van der Waals surface area contributed by atoms with Gasteiger partial charge in [-0.3, -0.25) is 14.9 Å². The molecule has 2 aromatic rings. The van der Waals surface area contributed by atoms with Gasteiger partial charge in [0.15, 0.2) is 0 Å². The van der Waals surface area contributed by atoms with Crippen molar-refractivity contribution in [3.8, 4) is 0 Å². The van der Waals surface area contributed by atoms with Gasteiger partial charge in [0.2, 0.25) is 0 Å². The van der Waals surface area contributed by atoms with Crippen molar-refractivity contribution >= 4 is 30.2 Å². The normalized spacial score (nSPS) is 15.1. The summed E-state index contributed by atoms with van der Waals surface area (Å²) in [5.74, 6) is 0. The molecule has 0 atom stereocenters. The molecule has 8 heteroatoms. The molecule has 0 spiro atoms. The highest BCUT2D eigenvalue weighted by atomic mass is 16.6. The molecular weight excluding hydrogens is 311 g/mol. The molecule has 1 N–H and O–H groups in total. The van der Waals surface area contributed by atoms with Crippen molar-refractivity contribution in [3.05, 3.63) is 64.2 Å². The van der Waals surface area contributed by atoms with Crippen LogP contribution >= 0.6 is 0 Å². The molecule has 0 saturated carbocycles. The van der Waals surface area contributed by atoms with E-state index in [0.29, 0.717) is 18.8 Å². The number of carbonyl (C=O) groups is 1. The van der Waals surface area contributed by atoms with Gasteiger partial charge in [-0.2, -0.15) is 0 Å². The van der Waals surface area contributed by atoms with Crippen LogP contribution in [0.2, 0.25) is 0 Å². The zero-order valence-electron chi connectivity index (χ0n) is 12.8. The van der Waals surface area contributed by atoms with Crippen molar-refractivity contribution in [1.82, 2.24) is 0 Å². The first kappa shape index (κ1) is 16.2. The number of hydrogen-bond donors (Lipinski definition) is 1. The van der Waals surface area contributed by atoms with Crippen LogP contribution in [0.15, 0.2) is 48.5 Å². The fourth-order valence-electron chi connectivity index (χ4n) is 2.43. The van der Waals surface area contributed by atoms with Crippen molar-refractivity contribution < 1.29 is 19.0 Å². The molecule has 0 bridgehead atoms. The fraction of sp³-hybridized carbons (Fsp3) is 0.188. The van der Waals surface area contributed by atoms with Gasteiger partial charge in [-0.05, 0) is 17.6 Å². The zero-order chi connectivity index (χ0) is 16.9. The van der Waals surface area contributed by atoms with Crippen molar-refractivity contribution in [2.75, 3.05) is 18.5 Å². The van der Waals surface area contributed by atoms with Crippen LogP contribution < -0.4 is 10.8 Å². The minimum Gasteiger partial charge on any atom is -0.405 e. The minimum atomic E-state index is -0.458. The van der Waals surface area contributed by atoms with Crippen LogP contribution in [0.4, 0.5) is 11.4 Å². The number of hydrogen-bond acceptors (Lipinski definition) is 6. The van der Waals surface area contributed by atoms with Gasteiger partial charge in [-0.1, -0.05) is 24.3 Å². The summed E-state index contributed by atoms with van der Waals surface area (Å²) in [5.41, 5.74) is 2.28. The van der Waals surface area contributed by atoms with Crippen LogP contribution in [-0.4, -0.2) is 37.6 Å². The highest BCUT2D eigenvalue weighted by Gasteiger charge is 2.29. The summed E-state index contributed by atoms with van der Waals surface area (Å²) in [4.78, 5) is 20.9. The number of nitro groups is 1.